The van der Waals surface area contributed by atoms with E-state index in [1.54, 1.807) is 4.90 Å². The summed E-state index contributed by atoms with van der Waals surface area (Å²) >= 11 is 0. The number of carbonyl (C=O) groups is 1. The molecule has 0 spiro atoms. The first-order valence-corrected chi connectivity index (χ1v) is 6.99. The second kappa shape index (κ2) is 7.68. The van der Waals surface area contributed by atoms with Gasteiger partial charge in [0, 0.05) is 37.7 Å². The minimum Gasteiger partial charge on any atom is -0.395 e. The van der Waals surface area contributed by atoms with Gasteiger partial charge in [-0.3, -0.25) is 9.69 Å². The van der Waals surface area contributed by atoms with Crippen LogP contribution < -0.4 is 0 Å². The first kappa shape index (κ1) is 14.6. The van der Waals surface area contributed by atoms with Gasteiger partial charge in [0.1, 0.15) is 0 Å². The van der Waals surface area contributed by atoms with Crippen molar-refractivity contribution < 1.29 is 9.90 Å². The number of carbonyl (C=O) groups excluding carboxylic acids is 1. The maximum absolute atomic E-state index is 12.1. The number of β-amino-alcohol motifs (C(OH)–C–C–N with tert-alkyl or cyclic N) is 1. The fourth-order valence-electron chi connectivity index (χ4n) is 2.27. The molecule has 0 aromatic heterocycles. The molecule has 1 N–H and O–H groups in total. The van der Waals surface area contributed by atoms with Crippen LogP contribution in [0.4, 0.5) is 0 Å². The Labute approximate surface area is 120 Å². The van der Waals surface area contributed by atoms with E-state index in [0.717, 1.165) is 31.6 Å². The average molecular weight is 272 g/mol. The van der Waals surface area contributed by atoms with E-state index in [2.05, 4.69) is 16.7 Å². The smallest absolute Gasteiger partial charge is 0.298 e. The fourth-order valence-corrected chi connectivity index (χ4v) is 2.27. The molecule has 4 heteroatoms. The molecule has 1 aromatic carbocycles. The summed E-state index contributed by atoms with van der Waals surface area (Å²) in [6.07, 6.45) is 0.929. The Bertz CT molecular complexity index is 490. The first-order valence-electron chi connectivity index (χ1n) is 6.99. The van der Waals surface area contributed by atoms with Crippen LogP contribution in [0.25, 0.3) is 0 Å². The highest BCUT2D eigenvalue weighted by molar-refractivity contribution is 5.94. The maximum Gasteiger partial charge on any atom is 0.298 e. The number of aliphatic hydroxyl groups is 1. The lowest BCUT2D eigenvalue weighted by Crippen LogP contribution is -2.35. The molecule has 0 unspecified atom stereocenters. The molecule has 1 aromatic rings. The highest BCUT2D eigenvalue weighted by Gasteiger charge is 2.17. The molecule has 0 aliphatic carbocycles. The van der Waals surface area contributed by atoms with Crippen molar-refractivity contribution in [1.82, 2.24) is 9.80 Å². The Morgan fingerprint density at radius 2 is 1.95 bits per heavy atom. The summed E-state index contributed by atoms with van der Waals surface area (Å²) in [6.45, 7) is 4.00. The van der Waals surface area contributed by atoms with Crippen molar-refractivity contribution in [2.75, 3.05) is 39.3 Å². The van der Waals surface area contributed by atoms with E-state index in [1.165, 1.54) is 0 Å². The zero-order valence-corrected chi connectivity index (χ0v) is 11.6. The van der Waals surface area contributed by atoms with Crippen LogP contribution in [0.1, 0.15) is 12.0 Å². The largest absolute Gasteiger partial charge is 0.395 e. The third-order valence-corrected chi connectivity index (χ3v) is 3.38. The van der Waals surface area contributed by atoms with Crippen molar-refractivity contribution >= 4 is 5.91 Å². The van der Waals surface area contributed by atoms with E-state index >= 15 is 0 Å². The van der Waals surface area contributed by atoms with Gasteiger partial charge >= 0.3 is 0 Å². The summed E-state index contributed by atoms with van der Waals surface area (Å²) in [6, 6.07) is 9.54. The number of rotatable bonds is 2. The van der Waals surface area contributed by atoms with Crippen molar-refractivity contribution in [2.24, 2.45) is 0 Å². The van der Waals surface area contributed by atoms with E-state index in [0.29, 0.717) is 13.1 Å². The summed E-state index contributed by atoms with van der Waals surface area (Å²) in [5.41, 5.74) is 0.859. The summed E-state index contributed by atoms with van der Waals surface area (Å²) in [5, 5.41) is 8.95. The van der Waals surface area contributed by atoms with Crippen molar-refractivity contribution in [1.29, 1.82) is 0 Å². The Morgan fingerprint density at radius 3 is 2.70 bits per heavy atom. The molecule has 1 aliphatic heterocycles. The lowest BCUT2D eigenvalue weighted by molar-refractivity contribution is -0.125. The molecular weight excluding hydrogens is 252 g/mol. The first-order chi connectivity index (χ1) is 9.79. The molecule has 0 bridgehead atoms. The third kappa shape index (κ3) is 4.37. The van der Waals surface area contributed by atoms with Crippen molar-refractivity contribution in [3.05, 3.63) is 35.9 Å². The van der Waals surface area contributed by atoms with Crippen LogP contribution in [0.3, 0.4) is 0 Å². The van der Waals surface area contributed by atoms with Crippen LogP contribution in [-0.4, -0.2) is 60.1 Å². The van der Waals surface area contributed by atoms with Gasteiger partial charge in [-0.15, -0.1) is 0 Å². The van der Waals surface area contributed by atoms with Crippen molar-refractivity contribution in [3.63, 3.8) is 0 Å². The molecule has 1 heterocycles. The number of benzene rings is 1. The molecule has 1 amide bonds. The van der Waals surface area contributed by atoms with E-state index in [1.807, 2.05) is 30.3 Å². The quantitative estimate of drug-likeness (QED) is 0.800. The molecule has 2 rings (SSSR count). The lowest BCUT2D eigenvalue weighted by atomic mass is 10.2. The van der Waals surface area contributed by atoms with Gasteiger partial charge in [-0.25, -0.2) is 0 Å². The Kier molecular flexibility index (Phi) is 5.60. The number of hydrogen-bond donors (Lipinski definition) is 1. The molecule has 1 saturated heterocycles. The van der Waals surface area contributed by atoms with E-state index < -0.39 is 0 Å². The molecular formula is C16H20N2O2. The third-order valence-electron chi connectivity index (χ3n) is 3.38. The molecule has 1 fully saturated rings. The number of nitrogens with zero attached hydrogens (tertiary/aromatic N) is 2. The SMILES string of the molecule is O=C(C#Cc1ccccc1)N1CCCN(CCO)CC1. The minimum absolute atomic E-state index is 0.111. The zero-order chi connectivity index (χ0) is 14.2. The molecule has 1 aliphatic rings. The van der Waals surface area contributed by atoms with Crippen LogP contribution in [-0.2, 0) is 4.79 Å². The van der Waals surface area contributed by atoms with Gasteiger partial charge in [0.15, 0.2) is 0 Å². The minimum atomic E-state index is -0.111. The molecule has 0 atom stereocenters. The Balaban J connectivity index is 1.91. The molecule has 20 heavy (non-hydrogen) atoms. The van der Waals surface area contributed by atoms with E-state index in [-0.39, 0.29) is 12.5 Å². The fraction of sp³-hybridized carbons (Fsp3) is 0.438. The summed E-state index contributed by atoms with van der Waals surface area (Å²) in [4.78, 5) is 16.1. The number of aliphatic hydroxyl groups excluding tert-OH is 1. The second-order valence-corrected chi connectivity index (χ2v) is 4.83. The second-order valence-electron chi connectivity index (χ2n) is 4.83. The van der Waals surface area contributed by atoms with Crippen molar-refractivity contribution in [3.8, 4) is 11.8 Å². The van der Waals surface area contributed by atoms with E-state index in [9.17, 15) is 4.79 Å². The van der Waals surface area contributed by atoms with Crippen LogP contribution >= 0.6 is 0 Å². The molecule has 4 nitrogen and oxygen atoms in total. The van der Waals surface area contributed by atoms with Crippen LogP contribution in [0.15, 0.2) is 30.3 Å². The molecule has 106 valence electrons. The van der Waals surface area contributed by atoms with E-state index in [4.69, 9.17) is 5.11 Å². The lowest BCUT2D eigenvalue weighted by Gasteiger charge is -2.19. The van der Waals surface area contributed by atoms with Gasteiger partial charge in [-0.2, -0.15) is 0 Å². The maximum atomic E-state index is 12.1. The van der Waals surface area contributed by atoms with Crippen LogP contribution in [0.2, 0.25) is 0 Å². The monoisotopic (exact) mass is 272 g/mol. The standard InChI is InChI=1S/C16H20N2O2/c19-14-13-17-9-4-10-18(12-11-17)16(20)8-7-15-5-2-1-3-6-15/h1-3,5-6,19H,4,9-14H2. The van der Waals surface area contributed by atoms with Gasteiger partial charge in [0.05, 0.1) is 6.61 Å². The normalized spacial score (nSPS) is 16.1. The van der Waals surface area contributed by atoms with Gasteiger partial charge in [0.25, 0.3) is 5.91 Å². The van der Waals surface area contributed by atoms with Gasteiger partial charge in [0.2, 0.25) is 0 Å². The van der Waals surface area contributed by atoms with Gasteiger partial charge in [-0.1, -0.05) is 24.1 Å². The highest BCUT2D eigenvalue weighted by Crippen LogP contribution is 2.03. The van der Waals surface area contributed by atoms with Gasteiger partial charge in [-0.05, 0) is 25.1 Å². The van der Waals surface area contributed by atoms with Crippen LogP contribution in [0, 0.1) is 11.8 Å². The summed E-state index contributed by atoms with van der Waals surface area (Å²) in [7, 11) is 0. The topological polar surface area (TPSA) is 43.8 Å². The number of hydrogen-bond acceptors (Lipinski definition) is 3. The Morgan fingerprint density at radius 1 is 1.15 bits per heavy atom. The molecule has 0 saturated carbocycles. The Hall–Kier alpha value is -1.83. The molecule has 0 radical (unpaired) electrons. The predicted molar refractivity (Wildman–Crippen MR) is 78.0 cm³/mol. The highest BCUT2D eigenvalue weighted by atomic mass is 16.3. The average Bonchev–Trinajstić information content (AvgIpc) is 2.72. The van der Waals surface area contributed by atoms with Gasteiger partial charge < -0.3 is 10.0 Å². The van der Waals surface area contributed by atoms with Crippen molar-refractivity contribution in [2.45, 2.75) is 6.42 Å². The summed E-state index contributed by atoms with van der Waals surface area (Å²) in [5.74, 6) is 5.50. The summed E-state index contributed by atoms with van der Waals surface area (Å²) < 4.78 is 0. The predicted octanol–water partition coefficient (Wildman–Crippen LogP) is 0.565. The number of amides is 1. The zero-order valence-electron chi connectivity index (χ0n) is 11.6. The van der Waals surface area contributed by atoms with Crippen LogP contribution in [0.5, 0.6) is 0 Å².